The summed E-state index contributed by atoms with van der Waals surface area (Å²) in [4.78, 5) is 24.6. The van der Waals surface area contributed by atoms with Crippen LogP contribution in [0.2, 0.25) is 0 Å². The fourth-order valence-corrected chi connectivity index (χ4v) is 6.20. The van der Waals surface area contributed by atoms with Gasteiger partial charge in [-0.1, -0.05) is 31.4 Å². The number of ether oxygens (including phenoxy) is 1. The molecule has 1 aromatic carbocycles. The maximum absolute atomic E-state index is 12.3. The van der Waals surface area contributed by atoms with Crippen molar-refractivity contribution in [1.82, 2.24) is 5.32 Å². The average molecular weight is 394 g/mol. The molecule has 1 saturated heterocycles. The van der Waals surface area contributed by atoms with E-state index < -0.39 is 12.1 Å². The number of benzene rings is 1. The molecule has 0 spiro atoms. The molecule has 0 bridgehead atoms. The minimum absolute atomic E-state index is 0.197. The van der Waals surface area contributed by atoms with Crippen LogP contribution in [0.25, 0.3) is 0 Å². The van der Waals surface area contributed by atoms with Gasteiger partial charge in [0.1, 0.15) is 0 Å². The molecule has 1 heterocycles. The van der Waals surface area contributed by atoms with Gasteiger partial charge < -0.3 is 10.1 Å². The van der Waals surface area contributed by atoms with Crippen molar-refractivity contribution in [3.63, 3.8) is 0 Å². The maximum atomic E-state index is 12.3. The van der Waals surface area contributed by atoms with Gasteiger partial charge in [0.05, 0.1) is 10.1 Å². The van der Waals surface area contributed by atoms with Crippen LogP contribution in [0.1, 0.15) is 66.0 Å². The predicted molar refractivity (Wildman–Crippen MR) is 109 cm³/mol. The molecule has 1 atom stereocenters. The van der Waals surface area contributed by atoms with E-state index in [4.69, 9.17) is 4.74 Å². The lowest BCUT2D eigenvalue weighted by molar-refractivity contribution is -0.130. The van der Waals surface area contributed by atoms with Crippen LogP contribution in [0.4, 0.5) is 0 Å². The Morgan fingerprint density at radius 1 is 1.04 bits per heavy atom. The first kappa shape index (κ1) is 19.6. The first-order valence-electron chi connectivity index (χ1n) is 9.48. The number of amides is 1. The molecule has 26 heavy (non-hydrogen) atoms. The first-order chi connectivity index (χ1) is 12.6. The molecular weight excluding hydrogens is 366 g/mol. The average Bonchev–Trinajstić information content (AvgIpc) is 2.69. The number of carbonyl (C=O) groups is 2. The Morgan fingerprint density at radius 2 is 1.69 bits per heavy atom. The molecule has 1 saturated carbocycles. The van der Waals surface area contributed by atoms with Crippen molar-refractivity contribution in [1.29, 1.82) is 0 Å². The van der Waals surface area contributed by atoms with E-state index in [-0.39, 0.29) is 11.9 Å². The molecule has 1 N–H and O–H groups in total. The second-order valence-electron chi connectivity index (χ2n) is 6.94. The van der Waals surface area contributed by atoms with Crippen LogP contribution in [0.15, 0.2) is 24.3 Å². The molecular formula is C20H27NO3S2. The summed E-state index contributed by atoms with van der Waals surface area (Å²) >= 11 is 3.91. The largest absolute Gasteiger partial charge is 0.449 e. The van der Waals surface area contributed by atoms with Crippen molar-refractivity contribution in [2.24, 2.45) is 0 Å². The van der Waals surface area contributed by atoms with Crippen LogP contribution in [0.3, 0.4) is 0 Å². The molecule has 2 fully saturated rings. The monoisotopic (exact) mass is 393 g/mol. The fourth-order valence-electron chi connectivity index (χ4n) is 3.30. The van der Waals surface area contributed by atoms with Crippen molar-refractivity contribution in [2.45, 2.75) is 62.2 Å². The smallest absolute Gasteiger partial charge is 0.338 e. The molecule has 0 radical (unpaired) electrons. The Morgan fingerprint density at radius 3 is 2.35 bits per heavy atom. The van der Waals surface area contributed by atoms with Crippen LogP contribution < -0.4 is 5.32 Å². The Balaban J connectivity index is 1.50. The third kappa shape index (κ3) is 5.43. The summed E-state index contributed by atoms with van der Waals surface area (Å²) in [5.74, 6) is 1.74. The van der Waals surface area contributed by atoms with Crippen molar-refractivity contribution < 1.29 is 14.3 Å². The Kier molecular flexibility index (Phi) is 7.32. The van der Waals surface area contributed by atoms with E-state index in [2.05, 4.69) is 5.32 Å². The zero-order chi connectivity index (χ0) is 18.4. The lowest BCUT2D eigenvalue weighted by Crippen LogP contribution is -2.42. The van der Waals surface area contributed by atoms with Crippen molar-refractivity contribution in [2.75, 3.05) is 11.5 Å². The Bertz CT molecular complexity index is 608. The summed E-state index contributed by atoms with van der Waals surface area (Å²) in [5, 5.41) is 3.01. The summed E-state index contributed by atoms with van der Waals surface area (Å²) in [6, 6.07) is 7.83. The van der Waals surface area contributed by atoms with E-state index in [1.54, 1.807) is 19.1 Å². The highest BCUT2D eigenvalue weighted by molar-refractivity contribution is 8.16. The summed E-state index contributed by atoms with van der Waals surface area (Å²) in [6.45, 7) is 1.64. The number of esters is 1. The van der Waals surface area contributed by atoms with E-state index in [9.17, 15) is 9.59 Å². The zero-order valence-corrected chi connectivity index (χ0v) is 16.9. The predicted octanol–water partition coefficient (Wildman–Crippen LogP) is 4.55. The van der Waals surface area contributed by atoms with Gasteiger partial charge in [-0.3, -0.25) is 4.79 Å². The number of hydrogen-bond donors (Lipinski definition) is 1. The van der Waals surface area contributed by atoms with Crippen molar-refractivity contribution >= 4 is 35.4 Å². The summed E-state index contributed by atoms with van der Waals surface area (Å²) in [5.41, 5.74) is 1.73. The zero-order valence-electron chi connectivity index (χ0n) is 15.2. The van der Waals surface area contributed by atoms with E-state index >= 15 is 0 Å². The van der Waals surface area contributed by atoms with Crippen LogP contribution in [-0.4, -0.2) is 35.5 Å². The third-order valence-electron chi connectivity index (χ3n) is 4.85. The van der Waals surface area contributed by atoms with Gasteiger partial charge in [0.25, 0.3) is 5.91 Å². The standard InChI is InChI=1S/C20H27NO3S2/c1-14(18(22)21-17-6-3-2-4-7-17)24-19(23)15-8-10-16(11-9-15)20-25-12-5-13-26-20/h8-11,14,17,20H,2-7,12-13H2,1H3,(H,21,22)/t14-/m0/s1. The highest BCUT2D eigenvalue weighted by Crippen LogP contribution is 2.43. The topological polar surface area (TPSA) is 55.4 Å². The minimum atomic E-state index is -0.770. The Hall–Kier alpha value is -1.14. The molecule has 1 amide bonds. The fraction of sp³-hybridized carbons (Fsp3) is 0.600. The summed E-state index contributed by atoms with van der Waals surface area (Å²) in [7, 11) is 0. The quantitative estimate of drug-likeness (QED) is 0.744. The summed E-state index contributed by atoms with van der Waals surface area (Å²) < 4.78 is 5.82. The molecule has 142 valence electrons. The van der Waals surface area contributed by atoms with Gasteiger partial charge in [-0.2, -0.15) is 0 Å². The molecule has 3 rings (SSSR count). The van der Waals surface area contributed by atoms with E-state index in [0.717, 1.165) is 25.7 Å². The van der Waals surface area contributed by atoms with Gasteiger partial charge in [-0.25, -0.2) is 4.79 Å². The molecule has 0 unspecified atom stereocenters. The number of rotatable bonds is 5. The molecule has 0 aromatic heterocycles. The third-order valence-corrected chi connectivity index (χ3v) is 7.87. The van der Waals surface area contributed by atoms with Crippen molar-refractivity contribution in [3.8, 4) is 0 Å². The first-order valence-corrected chi connectivity index (χ1v) is 11.6. The number of nitrogens with one attached hydrogen (secondary N) is 1. The molecule has 6 heteroatoms. The molecule has 4 nitrogen and oxygen atoms in total. The second kappa shape index (κ2) is 9.70. The number of thioether (sulfide) groups is 2. The number of hydrogen-bond acceptors (Lipinski definition) is 5. The molecule has 1 aliphatic heterocycles. The maximum Gasteiger partial charge on any atom is 0.338 e. The van der Waals surface area contributed by atoms with Crippen molar-refractivity contribution in [3.05, 3.63) is 35.4 Å². The SMILES string of the molecule is C[C@H](OC(=O)c1ccc(C2SCCCS2)cc1)C(=O)NC1CCCCC1. The molecule has 1 aromatic rings. The van der Waals surface area contributed by atoms with Gasteiger partial charge in [0, 0.05) is 6.04 Å². The number of carbonyl (C=O) groups excluding carboxylic acids is 2. The van der Waals surface area contributed by atoms with Crippen LogP contribution in [-0.2, 0) is 9.53 Å². The lowest BCUT2D eigenvalue weighted by Gasteiger charge is -2.24. The highest BCUT2D eigenvalue weighted by atomic mass is 32.2. The van der Waals surface area contributed by atoms with Gasteiger partial charge in [0.15, 0.2) is 6.10 Å². The van der Waals surface area contributed by atoms with Crippen LogP contribution in [0, 0.1) is 0 Å². The van der Waals surface area contributed by atoms with Crippen LogP contribution >= 0.6 is 23.5 Å². The van der Waals surface area contributed by atoms with E-state index in [0.29, 0.717) is 10.1 Å². The van der Waals surface area contributed by atoms with Crippen LogP contribution in [0.5, 0.6) is 0 Å². The second-order valence-corrected chi connectivity index (χ2v) is 9.66. The summed E-state index contributed by atoms with van der Waals surface area (Å²) in [6.07, 6.45) is 6.08. The Labute approximate surface area is 164 Å². The van der Waals surface area contributed by atoms with Gasteiger partial charge in [0.2, 0.25) is 0 Å². The van der Waals surface area contributed by atoms with Gasteiger partial charge in [-0.15, -0.1) is 23.5 Å². The molecule has 2 aliphatic rings. The van der Waals surface area contributed by atoms with Gasteiger partial charge >= 0.3 is 5.97 Å². The van der Waals surface area contributed by atoms with E-state index in [1.165, 1.54) is 29.9 Å². The van der Waals surface area contributed by atoms with Gasteiger partial charge in [-0.05, 0) is 55.4 Å². The lowest BCUT2D eigenvalue weighted by atomic mass is 9.95. The normalized spacial score (nSPS) is 20.3. The van der Waals surface area contributed by atoms with E-state index in [1.807, 2.05) is 35.7 Å². The minimum Gasteiger partial charge on any atom is -0.449 e. The highest BCUT2D eigenvalue weighted by Gasteiger charge is 2.23. The molecule has 1 aliphatic carbocycles.